The van der Waals surface area contributed by atoms with Gasteiger partial charge in [-0.3, -0.25) is 9.48 Å². The highest BCUT2D eigenvalue weighted by atomic mass is 32.2. The number of hydrogen-bond donors (Lipinski definition) is 1. The van der Waals surface area contributed by atoms with Gasteiger partial charge in [0.2, 0.25) is 0 Å². The Balaban J connectivity index is 3.22. The zero-order valence-electron chi connectivity index (χ0n) is 13.8. The third-order valence-electron chi connectivity index (χ3n) is 3.08. The number of carbonyl (C=O) groups is 1. The van der Waals surface area contributed by atoms with Crippen LogP contribution in [0.25, 0.3) is 0 Å². The SMILES string of the molecule is Cn1cc(C(C[C@H](CC(=O)O)C(F)(F)F)=N[S+]([O-])C(C)(C)C)cn1. The van der Waals surface area contributed by atoms with Gasteiger partial charge in [-0.05, 0) is 20.8 Å². The lowest BCUT2D eigenvalue weighted by Gasteiger charge is -2.21. The van der Waals surface area contributed by atoms with E-state index in [2.05, 4.69) is 9.50 Å². The number of aromatic nitrogens is 2. The van der Waals surface area contributed by atoms with Crippen LogP contribution in [0.3, 0.4) is 0 Å². The number of carboxylic acid groups (broad SMARTS) is 1. The summed E-state index contributed by atoms with van der Waals surface area (Å²) >= 11 is -1.78. The molecule has 1 aromatic heterocycles. The quantitative estimate of drug-likeness (QED) is 0.618. The van der Waals surface area contributed by atoms with Crippen molar-refractivity contribution < 1.29 is 27.6 Å². The molecule has 1 heterocycles. The van der Waals surface area contributed by atoms with Gasteiger partial charge in [-0.1, -0.05) is 4.40 Å². The molecule has 1 N–H and O–H groups in total. The molecule has 0 aliphatic carbocycles. The zero-order valence-corrected chi connectivity index (χ0v) is 14.6. The van der Waals surface area contributed by atoms with Crippen molar-refractivity contribution in [2.75, 3.05) is 0 Å². The zero-order chi connectivity index (χ0) is 18.7. The first kappa shape index (κ1) is 20.5. The molecule has 0 radical (unpaired) electrons. The van der Waals surface area contributed by atoms with Gasteiger partial charge in [0.25, 0.3) is 0 Å². The third kappa shape index (κ3) is 6.16. The van der Waals surface area contributed by atoms with Crippen LogP contribution in [0.15, 0.2) is 16.8 Å². The van der Waals surface area contributed by atoms with E-state index in [0.717, 1.165) is 0 Å². The smallest absolute Gasteiger partial charge is 0.392 e. The second-order valence-corrected chi connectivity index (χ2v) is 8.25. The van der Waals surface area contributed by atoms with Gasteiger partial charge in [0.15, 0.2) is 0 Å². The standard InChI is InChI=1S/C14H20F3N3O3S/c1-13(2,3)24(23)19-11(9-7-18-20(4)8-9)5-10(6-12(21)22)14(15,16)17/h7-8,10H,5-6H2,1-4H3,(H,21,22)/t10-,24?/m1/s1. The number of aliphatic carboxylic acids is 1. The largest absolute Gasteiger partial charge is 0.591 e. The maximum absolute atomic E-state index is 13.1. The minimum atomic E-state index is -4.70. The Hall–Kier alpha value is -1.55. The molecule has 1 aromatic rings. The van der Waals surface area contributed by atoms with E-state index in [1.54, 1.807) is 27.8 Å². The highest BCUT2D eigenvalue weighted by molar-refractivity contribution is 7.91. The molecule has 10 heteroatoms. The number of aryl methyl sites for hydroxylation is 1. The lowest BCUT2D eigenvalue weighted by molar-refractivity contribution is -0.181. The minimum Gasteiger partial charge on any atom is -0.591 e. The van der Waals surface area contributed by atoms with Gasteiger partial charge in [0.1, 0.15) is 21.8 Å². The fraction of sp³-hybridized carbons (Fsp3) is 0.643. The van der Waals surface area contributed by atoms with Crippen LogP contribution in [0, 0.1) is 5.92 Å². The maximum Gasteiger partial charge on any atom is 0.392 e. The molecule has 0 bridgehead atoms. The second kappa shape index (κ2) is 7.56. The molecule has 1 unspecified atom stereocenters. The van der Waals surface area contributed by atoms with Gasteiger partial charge in [0.05, 0.1) is 18.5 Å². The van der Waals surface area contributed by atoms with E-state index in [-0.39, 0.29) is 11.3 Å². The molecule has 0 aromatic carbocycles. The Morgan fingerprint density at radius 1 is 1.42 bits per heavy atom. The van der Waals surface area contributed by atoms with E-state index in [1.807, 2.05) is 0 Å². The summed E-state index contributed by atoms with van der Waals surface area (Å²) in [7, 11) is 1.58. The van der Waals surface area contributed by atoms with Crippen molar-refractivity contribution in [1.29, 1.82) is 0 Å². The number of carboxylic acids is 1. The van der Waals surface area contributed by atoms with Crippen LogP contribution in [0.2, 0.25) is 0 Å². The second-order valence-electron chi connectivity index (χ2n) is 6.34. The molecule has 1 rings (SSSR count). The molecule has 2 atom stereocenters. The van der Waals surface area contributed by atoms with Crippen LogP contribution in [0.1, 0.15) is 39.2 Å². The van der Waals surface area contributed by atoms with Crippen molar-refractivity contribution in [2.24, 2.45) is 17.4 Å². The van der Waals surface area contributed by atoms with Gasteiger partial charge in [-0.25, -0.2) is 0 Å². The lowest BCUT2D eigenvalue weighted by atomic mass is 9.95. The summed E-state index contributed by atoms with van der Waals surface area (Å²) in [6, 6.07) is 0. The van der Waals surface area contributed by atoms with Gasteiger partial charge in [-0.2, -0.15) is 18.3 Å². The van der Waals surface area contributed by atoms with Crippen LogP contribution < -0.4 is 0 Å². The normalized spacial score (nSPS) is 16.1. The Morgan fingerprint density at radius 2 is 2.00 bits per heavy atom. The summed E-state index contributed by atoms with van der Waals surface area (Å²) in [5.41, 5.74) is 0.217. The molecule has 0 aliphatic heterocycles. The van der Waals surface area contributed by atoms with Gasteiger partial charge in [0, 0.05) is 25.2 Å². The van der Waals surface area contributed by atoms with Crippen molar-refractivity contribution in [2.45, 2.75) is 44.5 Å². The highest BCUT2D eigenvalue weighted by Gasteiger charge is 2.42. The monoisotopic (exact) mass is 367 g/mol. The van der Waals surface area contributed by atoms with Crippen LogP contribution in [-0.4, -0.2) is 42.0 Å². The first-order valence-corrected chi connectivity index (χ1v) is 8.18. The molecule has 0 fully saturated rings. The van der Waals surface area contributed by atoms with Gasteiger partial charge in [-0.15, -0.1) is 0 Å². The number of halogens is 3. The van der Waals surface area contributed by atoms with E-state index < -0.39 is 47.0 Å². The fourth-order valence-corrected chi connectivity index (χ4v) is 2.42. The van der Waals surface area contributed by atoms with Gasteiger partial charge < -0.3 is 9.66 Å². The molecule has 0 saturated heterocycles. The number of rotatable bonds is 6. The molecule has 0 saturated carbocycles. The Kier molecular flexibility index (Phi) is 6.45. The first-order chi connectivity index (χ1) is 10.8. The van der Waals surface area contributed by atoms with Crippen molar-refractivity contribution in [3.63, 3.8) is 0 Å². The van der Waals surface area contributed by atoms with Crippen LogP contribution in [-0.2, 0) is 23.2 Å². The molecule has 0 aliphatic rings. The van der Waals surface area contributed by atoms with Crippen molar-refractivity contribution in [1.82, 2.24) is 9.78 Å². The number of alkyl halides is 3. The summed E-state index contributed by atoms with van der Waals surface area (Å²) in [6.07, 6.45) is -3.70. The van der Waals surface area contributed by atoms with Crippen LogP contribution >= 0.6 is 0 Å². The summed E-state index contributed by atoms with van der Waals surface area (Å²) in [4.78, 5) is 10.7. The molecule has 0 amide bonds. The molecule has 24 heavy (non-hydrogen) atoms. The Morgan fingerprint density at radius 3 is 2.38 bits per heavy atom. The topological polar surface area (TPSA) is 90.5 Å². The van der Waals surface area contributed by atoms with E-state index in [1.165, 1.54) is 17.1 Å². The van der Waals surface area contributed by atoms with Gasteiger partial charge >= 0.3 is 12.1 Å². The summed E-state index contributed by atoms with van der Waals surface area (Å²) < 4.78 is 56.1. The average Bonchev–Trinajstić information content (AvgIpc) is 2.80. The minimum absolute atomic E-state index is 0.0695. The fourth-order valence-electron chi connectivity index (χ4n) is 1.76. The number of nitrogens with zero attached hydrogens (tertiary/aromatic N) is 3. The van der Waals surface area contributed by atoms with Crippen molar-refractivity contribution in [3.05, 3.63) is 18.0 Å². The predicted octanol–water partition coefficient (Wildman–Crippen LogP) is 2.71. The molecule has 0 spiro atoms. The predicted molar refractivity (Wildman–Crippen MR) is 84.1 cm³/mol. The van der Waals surface area contributed by atoms with Crippen LogP contribution in [0.5, 0.6) is 0 Å². The number of hydrogen-bond acceptors (Lipinski definition) is 4. The summed E-state index contributed by atoms with van der Waals surface area (Å²) in [6.45, 7) is 4.93. The first-order valence-electron chi connectivity index (χ1n) is 7.07. The van der Waals surface area contributed by atoms with E-state index in [4.69, 9.17) is 5.11 Å². The highest BCUT2D eigenvalue weighted by Crippen LogP contribution is 2.33. The summed E-state index contributed by atoms with van der Waals surface area (Å²) in [5, 5.41) is 12.6. The lowest BCUT2D eigenvalue weighted by Crippen LogP contribution is -2.30. The van der Waals surface area contributed by atoms with Crippen LogP contribution in [0.4, 0.5) is 13.2 Å². The Labute approximate surface area is 141 Å². The van der Waals surface area contributed by atoms with E-state index in [9.17, 15) is 22.5 Å². The Bertz CT molecular complexity index is 608. The molecule has 136 valence electrons. The molecular formula is C14H20F3N3O3S. The average molecular weight is 367 g/mol. The molecule has 6 nitrogen and oxygen atoms in total. The van der Waals surface area contributed by atoms with Crippen molar-refractivity contribution in [3.8, 4) is 0 Å². The molecular weight excluding hydrogens is 347 g/mol. The van der Waals surface area contributed by atoms with E-state index in [0.29, 0.717) is 0 Å². The van der Waals surface area contributed by atoms with Crippen molar-refractivity contribution >= 4 is 23.0 Å². The maximum atomic E-state index is 13.1. The third-order valence-corrected chi connectivity index (χ3v) is 4.51. The summed E-state index contributed by atoms with van der Waals surface area (Å²) in [5.74, 6) is -3.68. The van der Waals surface area contributed by atoms with E-state index >= 15 is 0 Å².